The fraction of sp³-hybridized carbons (Fsp3) is 0.935. The molecule has 1 unspecified atom stereocenters. The number of aliphatic hydroxyl groups is 24. The maximum atomic E-state index is 13.2. The van der Waals surface area contributed by atoms with E-state index in [2.05, 4.69) is 21.3 Å². The molecular formula is C62H104N4O45. The van der Waals surface area contributed by atoms with Crippen LogP contribution < -0.4 is 21.3 Å². The molecular weight excluding hydrogens is 1520 g/mol. The number of amides is 4. The van der Waals surface area contributed by atoms with Crippen LogP contribution in [0.25, 0.3) is 0 Å². The topological polar surface area (TPSA) is 759 Å². The Morgan fingerprint density at radius 1 is 0.252 bits per heavy atom. The van der Waals surface area contributed by atoms with E-state index in [-0.39, 0.29) is 0 Å². The molecule has 28 N–H and O–H groups in total. The molecule has 9 aliphatic heterocycles. The average molecular weight is 1630 g/mol. The molecule has 0 aromatic carbocycles. The minimum Gasteiger partial charge on any atom is -0.394 e. The number of ether oxygens (including phenoxy) is 17. The van der Waals surface area contributed by atoms with Crippen molar-refractivity contribution < 1.29 is 222 Å². The van der Waals surface area contributed by atoms with E-state index < -0.39 is 353 Å². The number of nitrogens with one attached hydrogen (secondary N) is 4. The molecule has 4 amide bonds. The zero-order valence-corrected chi connectivity index (χ0v) is 59.9. The minimum absolute atomic E-state index is 0.833. The highest BCUT2D eigenvalue weighted by molar-refractivity contribution is 5.74. The van der Waals surface area contributed by atoms with Gasteiger partial charge in [0.1, 0.15) is 213 Å². The summed E-state index contributed by atoms with van der Waals surface area (Å²) in [5.41, 5.74) is 0. The van der Waals surface area contributed by atoms with Gasteiger partial charge in [0.05, 0.1) is 59.0 Å². The summed E-state index contributed by atoms with van der Waals surface area (Å²) in [6.07, 6.45) is -84.2. The van der Waals surface area contributed by atoms with Gasteiger partial charge in [0.15, 0.2) is 56.6 Å². The molecule has 49 heteroatoms. The van der Waals surface area contributed by atoms with Gasteiger partial charge in [-0.25, -0.2) is 0 Å². The molecule has 0 aromatic heterocycles. The number of hydrogen-bond acceptors (Lipinski definition) is 45. The Kier molecular flexibility index (Phi) is 32.6. The van der Waals surface area contributed by atoms with Crippen molar-refractivity contribution in [2.75, 3.05) is 52.9 Å². The lowest BCUT2D eigenvalue weighted by molar-refractivity contribution is -0.401. The van der Waals surface area contributed by atoms with Crippen LogP contribution in [0.3, 0.4) is 0 Å². The lowest BCUT2D eigenvalue weighted by Gasteiger charge is -2.52. The fourth-order valence-corrected chi connectivity index (χ4v) is 14.3. The largest absolute Gasteiger partial charge is 0.394 e. The van der Waals surface area contributed by atoms with Gasteiger partial charge in [-0.05, 0) is 6.92 Å². The molecule has 9 heterocycles. The Morgan fingerprint density at radius 3 is 0.982 bits per heavy atom. The van der Waals surface area contributed by atoms with E-state index in [0.717, 1.165) is 27.7 Å². The number of carbonyl (C=O) groups excluding carboxylic acids is 4. The molecule has 0 radical (unpaired) electrons. The predicted octanol–water partition coefficient (Wildman–Crippen LogP) is -19.0. The molecule has 9 saturated heterocycles. The third kappa shape index (κ3) is 20.3. The van der Waals surface area contributed by atoms with Crippen LogP contribution in [-0.4, -0.2) is 475 Å². The Hall–Kier alpha value is -3.76. The van der Waals surface area contributed by atoms with Gasteiger partial charge < -0.3 is 224 Å². The second kappa shape index (κ2) is 39.7. The monoisotopic (exact) mass is 1620 g/mol. The Labute approximate surface area is 629 Å². The Morgan fingerprint density at radius 2 is 0.541 bits per heavy atom. The second-order valence-corrected chi connectivity index (χ2v) is 28.2. The van der Waals surface area contributed by atoms with Gasteiger partial charge in [-0.2, -0.15) is 0 Å². The zero-order valence-electron chi connectivity index (χ0n) is 59.9. The van der Waals surface area contributed by atoms with Crippen LogP contribution in [0.4, 0.5) is 0 Å². The minimum atomic E-state index is -2.59. The molecule has 0 aromatic rings. The molecule has 0 aliphatic carbocycles. The molecule has 111 heavy (non-hydrogen) atoms. The maximum Gasteiger partial charge on any atom is 0.217 e. The van der Waals surface area contributed by atoms with E-state index in [4.69, 9.17) is 80.5 Å². The molecule has 642 valence electrons. The highest BCUT2D eigenvalue weighted by Gasteiger charge is 2.61. The molecule has 9 rings (SSSR count). The van der Waals surface area contributed by atoms with Gasteiger partial charge >= 0.3 is 0 Å². The molecule has 49 nitrogen and oxygen atoms in total. The summed E-state index contributed by atoms with van der Waals surface area (Å²) in [6, 6.07) is -7.58. The zero-order chi connectivity index (χ0) is 81.8. The van der Waals surface area contributed by atoms with E-state index in [1.54, 1.807) is 0 Å². The summed E-state index contributed by atoms with van der Waals surface area (Å²) >= 11 is 0. The first-order chi connectivity index (χ1) is 52.4. The van der Waals surface area contributed by atoms with Gasteiger partial charge in [-0.15, -0.1) is 0 Å². The van der Waals surface area contributed by atoms with Crippen LogP contribution in [-0.2, 0) is 99.7 Å². The highest BCUT2D eigenvalue weighted by Crippen LogP contribution is 2.40. The fourth-order valence-electron chi connectivity index (χ4n) is 14.3. The molecule has 45 atom stereocenters. The summed E-state index contributed by atoms with van der Waals surface area (Å²) in [5, 5.41) is 276. The van der Waals surface area contributed by atoms with Crippen LogP contribution in [0.1, 0.15) is 34.6 Å². The first-order valence-electron chi connectivity index (χ1n) is 35.5. The van der Waals surface area contributed by atoms with Crippen molar-refractivity contribution in [2.45, 2.75) is 311 Å². The highest BCUT2D eigenvalue weighted by atomic mass is 16.8. The van der Waals surface area contributed by atoms with E-state index in [1.165, 1.54) is 6.92 Å². The number of aliphatic hydroxyl groups excluding tert-OH is 24. The quantitative estimate of drug-likeness (QED) is 0.0346. The van der Waals surface area contributed by atoms with Crippen LogP contribution in [0.5, 0.6) is 0 Å². The van der Waals surface area contributed by atoms with Crippen molar-refractivity contribution in [1.29, 1.82) is 0 Å². The van der Waals surface area contributed by atoms with Crippen molar-refractivity contribution in [3.05, 3.63) is 0 Å². The van der Waals surface area contributed by atoms with Crippen LogP contribution in [0, 0.1) is 0 Å². The summed E-state index contributed by atoms with van der Waals surface area (Å²) in [7, 11) is 0. The van der Waals surface area contributed by atoms with Gasteiger partial charge in [0.25, 0.3) is 0 Å². The van der Waals surface area contributed by atoms with Crippen molar-refractivity contribution in [2.24, 2.45) is 0 Å². The SMILES string of the molecule is CC(=O)N[C@H]1[C@H](O[C@H]2[C@H](O)[C@@H](NC(C)=O)C(O)O[C@@H]2CO[C@@H]2O[C@@H](C)[C@@H](O)[C@@H](O)[C@@H]2O)O[C@H](CO)[C@@H](O[C@@H]2O[C@H](CO[C@H]3O[C@H](CO)[C@@H](O)[C@H](O)[C@@H]3O[C@@H]3O[C@H](CO)[C@@H](O[C@@H]4O[C@H](CO)[C@H](O)[C@H](O)[C@H]4O)[C@H](O)[C@H]3NC(C)=O)[C@@H](O[C@@H]3O[C@H](CO)[C@@H](O)[C@H](O)[C@H]3NC(C)=O)[C@H](O[C@H]3O[C@H](CO)[C@@H](O)[C@H](O)[C@@H]3O)[C@@H]2O)[C@@H]1O. The maximum absolute atomic E-state index is 13.2. The average Bonchev–Trinajstić information content (AvgIpc) is 0.765. The Balaban J connectivity index is 1.09. The third-order valence-corrected chi connectivity index (χ3v) is 20.3. The van der Waals surface area contributed by atoms with Gasteiger partial charge in [-0.1, -0.05) is 0 Å². The number of carbonyl (C=O) groups is 4. The van der Waals surface area contributed by atoms with Crippen LogP contribution in [0.15, 0.2) is 0 Å². The molecule has 0 saturated carbocycles. The Bertz CT molecular complexity index is 2950. The third-order valence-electron chi connectivity index (χ3n) is 20.3. The summed E-state index contributed by atoms with van der Waals surface area (Å²) < 4.78 is 102. The van der Waals surface area contributed by atoms with Gasteiger partial charge in [-0.3, -0.25) is 19.2 Å². The van der Waals surface area contributed by atoms with E-state index in [0.29, 0.717) is 0 Å². The predicted molar refractivity (Wildman–Crippen MR) is 342 cm³/mol. The lowest BCUT2D eigenvalue weighted by Crippen LogP contribution is -2.71. The molecule has 9 aliphatic rings. The van der Waals surface area contributed by atoms with Gasteiger partial charge in [0.2, 0.25) is 23.6 Å². The number of hydrogen-bond donors (Lipinski definition) is 28. The standard InChI is InChI=1S/C62H104N4O45/c1-14-31(77)40(86)44(90)58(97-14)95-12-25-50(37(83)27(54(94)98-25)63-15(2)73)106-56-29(65-17(4)75)38(84)49(24(11-72)103-56)108-61-47(93)52(110-60-46(92)42(88)34(80)21(8-69)101-60)51(109-55-28(64-16(3)74)36(82)32(78)19(6-67)99-55)26(105-61)13-96-62-53(43(89)35(81)22(9-70)102-62)111-57-30(66-18(5)76)39(85)48(23(10-71)104-57)107-59-45(91)41(87)33(79)20(7-68)100-59/h14,19-62,67-72,77-94H,6-13H2,1-5H3,(H,63,73)(H,64,74)(H,65,75)(H,66,76)/t14-,19+,20+,21+,22+,23+,24+,25+,26+,27+,28+,29+,30+,31+,32+,33-,34+,35+,36+,37+,38+,39+,40+,41-,42-,43-,44-,45+,46-,47-,48+,49+,50+,51+,52+,53-,54?,55-,56-,57-,58+,59-,60+,61-,62-/m0/s1. The van der Waals surface area contributed by atoms with Crippen LogP contribution >= 0.6 is 0 Å². The lowest BCUT2D eigenvalue weighted by atomic mass is 9.93. The molecule has 0 bridgehead atoms. The van der Waals surface area contributed by atoms with Crippen LogP contribution in [0.2, 0.25) is 0 Å². The van der Waals surface area contributed by atoms with Crippen molar-refractivity contribution in [3.63, 3.8) is 0 Å². The summed E-state index contributed by atoms with van der Waals surface area (Å²) in [4.78, 5) is 51.5. The second-order valence-electron chi connectivity index (χ2n) is 28.2. The first-order valence-corrected chi connectivity index (χ1v) is 35.5. The van der Waals surface area contributed by atoms with Crippen molar-refractivity contribution in [1.82, 2.24) is 21.3 Å². The van der Waals surface area contributed by atoms with E-state index in [1.807, 2.05) is 0 Å². The normalized spacial score (nSPS) is 49.3. The van der Waals surface area contributed by atoms with E-state index >= 15 is 0 Å². The number of rotatable bonds is 28. The summed E-state index contributed by atoms with van der Waals surface area (Å²) in [5.74, 6) is -3.69. The van der Waals surface area contributed by atoms with Gasteiger partial charge in [0, 0.05) is 27.7 Å². The molecule has 0 spiro atoms. The first kappa shape index (κ1) is 91.1. The van der Waals surface area contributed by atoms with E-state index in [9.17, 15) is 142 Å². The van der Waals surface area contributed by atoms with Crippen molar-refractivity contribution in [3.8, 4) is 0 Å². The van der Waals surface area contributed by atoms with Crippen molar-refractivity contribution >= 4 is 23.6 Å². The summed E-state index contributed by atoms with van der Waals surface area (Å²) in [6.45, 7) is -3.61. The molecule has 9 fully saturated rings. The smallest absolute Gasteiger partial charge is 0.217 e.